The Labute approximate surface area is 180 Å². The van der Waals surface area contributed by atoms with Crippen LogP contribution in [0.15, 0.2) is 34.4 Å². The summed E-state index contributed by atoms with van der Waals surface area (Å²) in [5.74, 6) is -0.569. The second kappa shape index (κ2) is 9.39. The summed E-state index contributed by atoms with van der Waals surface area (Å²) < 4.78 is 6.18. The molecular formula is C19H17Cl2N3O4S. The minimum Gasteiger partial charge on any atom is -0.461 e. The third-order valence-electron chi connectivity index (χ3n) is 3.96. The smallest absolute Gasteiger partial charge is 0.359 e. The Bertz CT molecular complexity index is 1130. The number of aromatic nitrogens is 2. The van der Waals surface area contributed by atoms with E-state index >= 15 is 0 Å². The molecule has 0 radical (unpaired) electrons. The lowest BCUT2D eigenvalue weighted by Crippen LogP contribution is -2.25. The Morgan fingerprint density at radius 1 is 1.34 bits per heavy atom. The number of nitrogens with zero attached hydrogens (tertiary/aromatic N) is 2. The van der Waals surface area contributed by atoms with E-state index in [9.17, 15) is 14.4 Å². The summed E-state index contributed by atoms with van der Waals surface area (Å²) in [6.07, 6.45) is 0.736. The second-order valence-corrected chi connectivity index (χ2v) is 7.65. The number of benzene rings is 1. The summed E-state index contributed by atoms with van der Waals surface area (Å²) in [7, 11) is 0. The highest BCUT2D eigenvalue weighted by atomic mass is 35.5. The van der Waals surface area contributed by atoms with Gasteiger partial charge in [-0.05, 0) is 31.5 Å². The van der Waals surface area contributed by atoms with Gasteiger partial charge >= 0.3 is 5.97 Å². The number of carbonyl (C=O) groups is 2. The van der Waals surface area contributed by atoms with Crippen molar-refractivity contribution in [3.05, 3.63) is 50.7 Å². The van der Waals surface area contributed by atoms with Crippen molar-refractivity contribution < 1.29 is 14.3 Å². The minimum absolute atomic E-state index is 0.0149. The van der Waals surface area contributed by atoms with Crippen molar-refractivity contribution in [2.45, 2.75) is 19.8 Å². The number of alkyl halides is 1. The van der Waals surface area contributed by atoms with E-state index in [4.69, 9.17) is 27.9 Å². The number of hydrogen-bond donors (Lipinski definition) is 1. The van der Waals surface area contributed by atoms with E-state index in [1.165, 1.54) is 0 Å². The molecule has 1 N–H and O–H groups in total. The fourth-order valence-corrected chi connectivity index (χ4v) is 3.96. The Kier molecular flexibility index (Phi) is 6.89. The number of anilines is 1. The number of hydrogen-bond acceptors (Lipinski definition) is 6. The van der Waals surface area contributed by atoms with Gasteiger partial charge in [-0.15, -0.1) is 22.9 Å². The van der Waals surface area contributed by atoms with Gasteiger partial charge in [0.1, 0.15) is 5.00 Å². The molecule has 152 valence electrons. The summed E-state index contributed by atoms with van der Waals surface area (Å²) in [4.78, 5) is 37.8. The number of fused-ring (bicyclic) bond motifs is 1. The number of amides is 1. The van der Waals surface area contributed by atoms with Gasteiger partial charge in [-0.3, -0.25) is 9.59 Å². The SMILES string of the molecule is CCOC(=O)c1nn(-c2cccc(Cl)c2)c(=O)c2c(NC(=O)CCCCl)scc12. The molecule has 0 saturated carbocycles. The molecule has 7 nitrogen and oxygen atoms in total. The van der Waals surface area contributed by atoms with E-state index in [0.29, 0.717) is 33.4 Å². The third-order valence-corrected chi connectivity index (χ3v) is 5.36. The van der Waals surface area contributed by atoms with Crippen LogP contribution in [0.1, 0.15) is 30.3 Å². The molecule has 1 aromatic carbocycles. The summed E-state index contributed by atoms with van der Waals surface area (Å²) in [5.41, 5.74) is -0.108. The quantitative estimate of drug-likeness (QED) is 0.426. The Hall–Kier alpha value is -2.42. The molecule has 0 spiro atoms. The standard InChI is InChI=1S/C19H17Cl2N3O4S/c1-2-28-19(27)16-13-10-29-17(22-14(25)7-4-8-20)15(13)18(26)24(23-16)12-6-3-5-11(21)9-12/h3,5-6,9-10H,2,4,7-8H2,1H3,(H,22,25). The predicted molar refractivity (Wildman–Crippen MR) is 115 cm³/mol. The first-order valence-corrected chi connectivity index (χ1v) is 10.6. The van der Waals surface area contributed by atoms with Crippen LogP contribution >= 0.6 is 34.5 Å². The molecule has 0 aliphatic heterocycles. The van der Waals surface area contributed by atoms with E-state index in [2.05, 4.69) is 10.4 Å². The first kappa shape index (κ1) is 21.3. The van der Waals surface area contributed by atoms with Gasteiger partial charge in [-0.2, -0.15) is 9.78 Å². The average molecular weight is 454 g/mol. The van der Waals surface area contributed by atoms with E-state index in [0.717, 1.165) is 16.0 Å². The molecule has 0 unspecified atom stereocenters. The largest absolute Gasteiger partial charge is 0.461 e. The van der Waals surface area contributed by atoms with Crippen LogP contribution in [-0.4, -0.2) is 34.1 Å². The summed E-state index contributed by atoms with van der Waals surface area (Å²) >= 11 is 12.8. The third kappa shape index (κ3) is 4.60. The molecule has 3 rings (SSSR count). The van der Waals surface area contributed by atoms with Crippen molar-refractivity contribution in [1.82, 2.24) is 9.78 Å². The number of rotatable bonds is 7. The topological polar surface area (TPSA) is 90.3 Å². The summed E-state index contributed by atoms with van der Waals surface area (Å²) in [6.45, 7) is 1.84. The van der Waals surface area contributed by atoms with Crippen LogP contribution in [0.25, 0.3) is 16.5 Å². The monoisotopic (exact) mass is 453 g/mol. The van der Waals surface area contributed by atoms with Gasteiger partial charge in [-0.1, -0.05) is 17.7 Å². The maximum atomic E-state index is 13.2. The van der Waals surface area contributed by atoms with Gasteiger partial charge < -0.3 is 10.1 Å². The van der Waals surface area contributed by atoms with Crippen LogP contribution in [-0.2, 0) is 9.53 Å². The van der Waals surface area contributed by atoms with Crippen LogP contribution < -0.4 is 10.9 Å². The molecule has 0 fully saturated rings. The molecule has 10 heteroatoms. The molecular weight excluding hydrogens is 437 g/mol. The maximum Gasteiger partial charge on any atom is 0.359 e. The Morgan fingerprint density at radius 2 is 2.14 bits per heavy atom. The number of ether oxygens (including phenoxy) is 1. The molecule has 0 aliphatic rings. The van der Waals surface area contributed by atoms with Crippen molar-refractivity contribution in [2.75, 3.05) is 17.8 Å². The fourth-order valence-electron chi connectivity index (χ4n) is 2.69. The number of nitrogens with one attached hydrogen (secondary N) is 1. The molecule has 0 aliphatic carbocycles. The highest BCUT2D eigenvalue weighted by molar-refractivity contribution is 7.16. The molecule has 2 aromatic heterocycles. The van der Waals surface area contributed by atoms with Crippen LogP contribution in [0.2, 0.25) is 5.02 Å². The minimum atomic E-state index is -0.661. The van der Waals surface area contributed by atoms with E-state index in [1.54, 1.807) is 36.6 Å². The van der Waals surface area contributed by atoms with E-state index in [-0.39, 0.29) is 30.0 Å². The first-order chi connectivity index (χ1) is 14.0. The Balaban J connectivity index is 2.20. The lowest BCUT2D eigenvalue weighted by atomic mass is 10.2. The molecule has 0 bridgehead atoms. The molecule has 0 atom stereocenters. The van der Waals surface area contributed by atoms with Gasteiger partial charge in [0.25, 0.3) is 5.56 Å². The molecule has 1 amide bonds. The fraction of sp³-hybridized carbons (Fsp3) is 0.263. The number of carbonyl (C=O) groups excluding carboxylic acids is 2. The molecule has 0 saturated heterocycles. The second-order valence-electron chi connectivity index (χ2n) is 5.96. The van der Waals surface area contributed by atoms with Gasteiger partial charge in [0.15, 0.2) is 5.69 Å². The van der Waals surface area contributed by atoms with Crippen LogP contribution in [0, 0.1) is 0 Å². The zero-order chi connectivity index (χ0) is 21.0. The van der Waals surface area contributed by atoms with Crippen molar-refractivity contribution >= 4 is 62.2 Å². The van der Waals surface area contributed by atoms with Crippen LogP contribution in [0.3, 0.4) is 0 Å². The van der Waals surface area contributed by atoms with E-state index in [1.807, 2.05) is 0 Å². The maximum absolute atomic E-state index is 13.2. The number of thiophene rings is 1. The van der Waals surface area contributed by atoms with Gasteiger partial charge in [0.05, 0.1) is 17.7 Å². The van der Waals surface area contributed by atoms with Crippen molar-refractivity contribution in [1.29, 1.82) is 0 Å². The number of halogens is 2. The van der Waals surface area contributed by atoms with Gasteiger partial charge in [-0.25, -0.2) is 4.79 Å². The van der Waals surface area contributed by atoms with Gasteiger partial charge in [0, 0.05) is 28.1 Å². The first-order valence-electron chi connectivity index (χ1n) is 8.79. The lowest BCUT2D eigenvalue weighted by Gasteiger charge is -2.10. The van der Waals surface area contributed by atoms with Crippen molar-refractivity contribution in [2.24, 2.45) is 0 Å². The highest BCUT2D eigenvalue weighted by Crippen LogP contribution is 2.31. The van der Waals surface area contributed by atoms with Crippen molar-refractivity contribution in [3.8, 4) is 5.69 Å². The summed E-state index contributed by atoms with van der Waals surface area (Å²) in [6, 6.07) is 6.53. The van der Waals surface area contributed by atoms with Crippen molar-refractivity contribution in [3.63, 3.8) is 0 Å². The molecule has 2 heterocycles. The normalized spacial score (nSPS) is 10.9. The van der Waals surface area contributed by atoms with Gasteiger partial charge in [0.2, 0.25) is 5.91 Å². The Morgan fingerprint density at radius 3 is 2.83 bits per heavy atom. The predicted octanol–water partition coefficient (Wildman–Crippen LogP) is 4.23. The van der Waals surface area contributed by atoms with E-state index < -0.39 is 11.5 Å². The molecule has 29 heavy (non-hydrogen) atoms. The zero-order valence-electron chi connectivity index (χ0n) is 15.4. The summed E-state index contributed by atoms with van der Waals surface area (Å²) in [5, 5.41) is 9.82. The highest BCUT2D eigenvalue weighted by Gasteiger charge is 2.23. The van der Waals surface area contributed by atoms with Crippen LogP contribution in [0.5, 0.6) is 0 Å². The lowest BCUT2D eigenvalue weighted by molar-refractivity contribution is -0.116. The molecule has 3 aromatic rings. The van der Waals surface area contributed by atoms with Crippen LogP contribution in [0.4, 0.5) is 5.00 Å². The zero-order valence-corrected chi connectivity index (χ0v) is 17.7. The average Bonchev–Trinajstić information content (AvgIpc) is 3.11. The number of esters is 1.